The highest BCUT2D eigenvalue weighted by Gasteiger charge is 2.15. The minimum Gasteiger partial charge on any atom is -0.497 e. The van der Waals surface area contributed by atoms with Crippen molar-refractivity contribution in [3.63, 3.8) is 0 Å². The van der Waals surface area contributed by atoms with E-state index in [1.807, 2.05) is 25.1 Å². The van der Waals surface area contributed by atoms with Gasteiger partial charge in [-0.1, -0.05) is 11.3 Å². The van der Waals surface area contributed by atoms with Gasteiger partial charge in [-0.15, -0.1) is 0 Å². The maximum absolute atomic E-state index is 12.2. The lowest BCUT2D eigenvalue weighted by Crippen LogP contribution is -2.13. The number of nitrogens with zero attached hydrogens (tertiary/aromatic N) is 3. The maximum atomic E-state index is 12.2. The van der Waals surface area contributed by atoms with Crippen LogP contribution in [0.5, 0.6) is 5.75 Å². The molecule has 0 fully saturated rings. The summed E-state index contributed by atoms with van der Waals surface area (Å²) in [5.41, 5.74) is 2.07. The van der Waals surface area contributed by atoms with Crippen LogP contribution in [0.15, 0.2) is 24.4 Å². The highest BCUT2D eigenvalue weighted by molar-refractivity contribution is 7.22. The standard InChI is InChI=1S/C14H14N4O2S/c1-8-7-18(2)17-12(8)13(19)16-14-15-10-5-4-9(20-3)6-11(10)21-14/h4-7H,1-3H3,(H,15,16,19). The quantitative estimate of drug-likeness (QED) is 0.807. The largest absolute Gasteiger partial charge is 0.497 e. The smallest absolute Gasteiger partial charge is 0.278 e. The highest BCUT2D eigenvalue weighted by atomic mass is 32.1. The first kappa shape index (κ1) is 13.6. The molecule has 108 valence electrons. The number of hydrogen-bond donors (Lipinski definition) is 1. The number of amides is 1. The van der Waals surface area contributed by atoms with E-state index >= 15 is 0 Å². The fourth-order valence-corrected chi connectivity index (χ4v) is 2.96. The molecule has 1 amide bonds. The molecule has 21 heavy (non-hydrogen) atoms. The zero-order valence-electron chi connectivity index (χ0n) is 11.9. The van der Waals surface area contributed by atoms with Crippen molar-refractivity contribution in [3.05, 3.63) is 35.7 Å². The van der Waals surface area contributed by atoms with Crippen LogP contribution in [0.3, 0.4) is 0 Å². The third kappa shape index (κ3) is 2.59. The summed E-state index contributed by atoms with van der Waals surface area (Å²) < 4.78 is 7.76. The molecule has 0 bridgehead atoms. The van der Waals surface area contributed by atoms with Crippen LogP contribution in [0, 0.1) is 6.92 Å². The molecule has 2 aromatic heterocycles. The van der Waals surface area contributed by atoms with Crippen molar-refractivity contribution in [2.45, 2.75) is 6.92 Å². The van der Waals surface area contributed by atoms with Crippen LogP contribution < -0.4 is 10.1 Å². The average Bonchev–Trinajstić information content (AvgIpc) is 2.99. The summed E-state index contributed by atoms with van der Waals surface area (Å²) in [6, 6.07) is 5.61. The highest BCUT2D eigenvalue weighted by Crippen LogP contribution is 2.29. The number of nitrogens with one attached hydrogen (secondary N) is 1. The second-order valence-corrected chi connectivity index (χ2v) is 5.67. The maximum Gasteiger partial charge on any atom is 0.278 e. The molecular weight excluding hydrogens is 288 g/mol. The topological polar surface area (TPSA) is 69.0 Å². The molecule has 0 aliphatic carbocycles. The number of fused-ring (bicyclic) bond motifs is 1. The van der Waals surface area contributed by atoms with E-state index in [1.165, 1.54) is 11.3 Å². The molecule has 3 aromatic rings. The Balaban J connectivity index is 1.87. The van der Waals surface area contributed by atoms with Gasteiger partial charge in [0.25, 0.3) is 5.91 Å². The van der Waals surface area contributed by atoms with Crippen molar-refractivity contribution in [2.75, 3.05) is 12.4 Å². The van der Waals surface area contributed by atoms with Gasteiger partial charge in [0.2, 0.25) is 0 Å². The average molecular weight is 302 g/mol. The number of thiazole rings is 1. The Hall–Kier alpha value is -2.41. The second-order valence-electron chi connectivity index (χ2n) is 4.64. The van der Waals surface area contributed by atoms with Gasteiger partial charge in [0.15, 0.2) is 10.8 Å². The molecule has 0 saturated carbocycles. The summed E-state index contributed by atoms with van der Waals surface area (Å²) in [6.45, 7) is 1.85. The molecule has 0 radical (unpaired) electrons. The number of methoxy groups -OCH3 is 1. The zero-order valence-corrected chi connectivity index (χ0v) is 12.7. The molecular formula is C14H14N4O2S. The molecule has 2 heterocycles. The minimum atomic E-state index is -0.251. The number of aryl methyl sites for hydroxylation is 2. The molecule has 6 nitrogen and oxygen atoms in total. The van der Waals surface area contributed by atoms with Gasteiger partial charge in [0.1, 0.15) is 5.75 Å². The van der Waals surface area contributed by atoms with Crippen molar-refractivity contribution in [1.82, 2.24) is 14.8 Å². The van der Waals surface area contributed by atoms with Gasteiger partial charge in [-0.05, 0) is 25.1 Å². The molecule has 1 N–H and O–H groups in total. The zero-order chi connectivity index (χ0) is 15.0. The molecule has 0 unspecified atom stereocenters. The van der Waals surface area contributed by atoms with E-state index in [0.717, 1.165) is 21.5 Å². The van der Waals surface area contributed by atoms with Crippen molar-refractivity contribution in [3.8, 4) is 5.75 Å². The summed E-state index contributed by atoms with van der Waals surface area (Å²) >= 11 is 1.40. The minimum absolute atomic E-state index is 0.251. The lowest BCUT2D eigenvalue weighted by atomic mass is 10.3. The van der Waals surface area contributed by atoms with Crippen LogP contribution in [0.1, 0.15) is 16.1 Å². The first-order valence-electron chi connectivity index (χ1n) is 6.33. The van der Waals surface area contributed by atoms with Crippen LogP contribution in [0.25, 0.3) is 10.2 Å². The molecule has 0 atom stereocenters. The van der Waals surface area contributed by atoms with Crippen LogP contribution in [0.4, 0.5) is 5.13 Å². The number of anilines is 1. The number of benzene rings is 1. The van der Waals surface area contributed by atoms with Crippen LogP contribution in [-0.2, 0) is 7.05 Å². The lowest BCUT2D eigenvalue weighted by molar-refractivity contribution is 0.102. The monoisotopic (exact) mass is 302 g/mol. The van der Waals surface area contributed by atoms with E-state index in [9.17, 15) is 4.79 Å². The second kappa shape index (κ2) is 5.17. The third-order valence-corrected chi connectivity index (χ3v) is 3.98. The van der Waals surface area contributed by atoms with Gasteiger partial charge in [-0.25, -0.2) is 4.98 Å². The Bertz CT molecular complexity index is 822. The van der Waals surface area contributed by atoms with E-state index in [-0.39, 0.29) is 5.91 Å². The number of hydrogen-bond acceptors (Lipinski definition) is 5. The van der Waals surface area contributed by atoms with Gasteiger partial charge in [-0.3, -0.25) is 14.8 Å². The first-order valence-corrected chi connectivity index (χ1v) is 7.14. The molecule has 0 spiro atoms. The fraction of sp³-hybridized carbons (Fsp3) is 0.214. The third-order valence-electron chi connectivity index (χ3n) is 3.04. The fourth-order valence-electron chi connectivity index (χ4n) is 2.07. The Morgan fingerprint density at radius 2 is 2.24 bits per heavy atom. The molecule has 0 aliphatic heterocycles. The van der Waals surface area contributed by atoms with Gasteiger partial charge in [0, 0.05) is 18.8 Å². The summed E-state index contributed by atoms with van der Waals surface area (Å²) in [5, 5.41) is 7.49. The van der Waals surface area contributed by atoms with Crippen LogP contribution in [0.2, 0.25) is 0 Å². The predicted molar refractivity (Wildman–Crippen MR) is 82.1 cm³/mol. The Kier molecular flexibility index (Phi) is 3.34. The van der Waals surface area contributed by atoms with E-state index in [2.05, 4.69) is 15.4 Å². The summed E-state index contributed by atoms with van der Waals surface area (Å²) in [4.78, 5) is 16.6. The predicted octanol–water partition coefficient (Wildman–Crippen LogP) is 2.60. The first-order chi connectivity index (χ1) is 10.1. The number of rotatable bonds is 3. The van der Waals surface area contributed by atoms with Gasteiger partial charge in [0.05, 0.1) is 17.3 Å². The Morgan fingerprint density at radius 1 is 1.43 bits per heavy atom. The van der Waals surface area contributed by atoms with E-state index in [0.29, 0.717) is 10.8 Å². The molecule has 0 saturated heterocycles. The van der Waals surface area contributed by atoms with Gasteiger partial charge >= 0.3 is 0 Å². The van der Waals surface area contributed by atoms with Crippen molar-refractivity contribution < 1.29 is 9.53 Å². The Labute approximate surface area is 125 Å². The lowest BCUT2D eigenvalue weighted by Gasteiger charge is -1.98. The number of carbonyl (C=O) groups excluding carboxylic acids is 1. The summed E-state index contributed by atoms with van der Waals surface area (Å²) in [6.07, 6.45) is 1.80. The molecule has 3 rings (SSSR count). The number of ether oxygens (including phenoxy) is 1. The normalized spacial score (nSPS) is 10.8. The number of aromatic nitrogens is 3. The molecule has 1 aromatic carbocycles. The van der Waals surface area contributed by atoms with Crippen molar-refractivity contribution in [2.24, 2.45) is 7.05 Å². The van der Waals surface area contributed by atoms with Gasteiger partial charge in [-0.2, -0.15) is 5.10 Å². The SMILES string of the molecule is COc1ccc2nc(NC(=O)c3nn(C)cc3C)sc2c1. The van der Waals surface area contributed by atoms with E-state index in [4.69, 9.17) is 4.74 Å². The van der Waals surface area contributed by atoms with Crippen LogP contribution >= 0.6 is 11.3 Å². The van der Waals surface area contributed by atoms with E-state index in [1.54, 1.807) is 25.0 Å². The number of carbonyl (C=O) groups is 1. The molecule has 0 aliphatic rings. The molecule has 7 heteroatoms. The van der Waals surface area contributed by atoms with Crippen molar-refractivity contribution >= 4 is 32.6 Å². The Morgan fingerprint density at radius 3 is 2.90 bits per heavy atom. The summed E-state index contributed by atoms with van der Waals surface area (Å²) in [7, 11) is 3.41. The van der Waals surface area contributed by atoms with Crippen LogP contribution in [-0.4, -0.2) is 27.8 Å². The van der Waals surface area contributed by atoms with Crippen molar-refractivity contribution in [1.29, 1.82) is 0 Å². The summed E-state index contributed by atoms with van der Waals surface area (Å²) in [5.74, 6) is 0.517. The van der Waals surface area contributed by atoms with Gasteiger partial charge < -0.3 is 4.74 Å². The van der Waals surface area contributed by atoms with E-state index < -0.39 is 0 Å².